The van der Waals surface area contributed by atoms with Crippen molar-refractivity contribution < 1.29 is 28.6 Å². The second-order valence-corrected chi connectivity index (χ2v) is 8.47. The fraction of sp³-hybridized carbons (Fsp3) is 0.850. The molecule has 0 spiro atoms. The summed E-state index contributed by atoms with van der Waals surface area (Å²) in [6.45, 7) is 13.2. The summed E-state index contributed by atoms with van der Waals surface area (Å²) < 4.78 is 15.5. The number of carbonyl (C=O) groups is 3. The molecule has 0 aromatic heterocycles. The van der Waals surface area contributed by atoms with Crippen molar-refractivity contribution in [2.45, 2.75) is 86.2 Å². The van der Waals surface area contributed by atoms with Crippen LogP contribution in [0.15, 0.2) is 0 Å². The largest absolute Gasteiger partial charge is 0.466 e. The van der Waals surface area contributed by atoms with E-state index in [4.69, 9.17) is 14.2 Å². The summed E-state index contributed by atoms with van der Waals surface area (Å²) in [7, 11) is 0. The van der Waals surface area contributed by atoms with Gasteiger partial charge in [0.25, 0.3) is 0 Å². The third-order valence-electron chi connectivity index (χ3n) is 3.57. The number of unbranched alkanes of at least 4 members (excludes halogenated alkanes) is 3. The number of rotatable bonds is 10. The maximum atomic E-state index is 12.4. The Bertz CT molecular complexity index is 456. The first kappa shape index (κ1) is 24.4. The summed E-state index contributed by atoms with van der Waals surface area (Å²) in [5.41, 5.74) is -1.24. The first-order chi connectivity index (χ1) is 11.9. The first-order valence-corrected chi connectivity index (χ1v) is 9.43. The molecule has 0 aliphatic carbocycles. The van der Waals surface area contributed by atoms with E-state index in [1.807, 2.05) is 20.8 Å². The predicted molar refractivity (Wildman–Crippen MR) is 99.5 cm³/mol. The molecular weight excluding hydrogens is 336 g/mol. The van der Waals surface area contributed by atoms with Crippen molar-refractivity contribution in [3.63, 3.8) is 0 Å². The van der Waals surface area contributed by atoms with Crippen LogP contribution in [0.1, 0.15) is 80.6 Å². The topological polar surface area (TPSA) is 78.9 Å². The van der Waals surface area contributed by atoms with Gasteiger partial charge in [-0.3, -0.25) is 14.4 Å². The lowest BCUT2D eigenvalue weighted by atomic mass is 9.80. The number of ether oxygens (including phenoxy) is 3. The highest BCUT2D eigenvalue weighted by atomic mass is 16.6. The lowest BCUT2D eigenvalue weighted by Crippen LogP contribution is -2.41. The van der Waals surface area contributed by atoms with Crippen LogP contribution in [0.5, 0.6) is 0 Å². The third kappa shape index (κ3) is 11.1. The molecule has 1 unspecified atom stereocenters. The second-order valence-electron chi connectivity index (χ2n) is 8.47. The number of carbonyl (C=O) groups excluding carboxylic acids is 3. The third-order valence-corrected chi connectivity index (χ3v) is 3.57. The smallest absolute Gasteiger partial charge is 0.321 e. The molecule has 6 nitrogen and oxygen atoms in total. The predicted octanol–water partition coefficient (Wildman–Crippen LogP) is 4.05. The second kappa shape index (κ2) is 11.2. The van der Waals surface area contributed by atoms with Crippen molar-refractivity contribution in [3.05, 3.63) is 0 Å². The van der Waals surface area contributed by atoms with Gasteiger partial charge in [0, 0.05) is 6.42 Å². The fourth-order valence-corrected chi connectivity index (χ4v) is 2.38. The SMILES string of the molecule is CCOC(=O)CCCCCCOC(=O)C(C(=O)OC(C)(C)C)C(C)(C)C. The van der Waals surface area contributed by atoms with Gasteiger partial charge in [0.2, 0.25) is 0 Å². The van der Waals surface area contributed by atoms with Crippen molar-refractivity contribution in [2.24, 2.45) is 11.3 Å². The van der Waals surface area contributed by atoms with Gasteiger partial charge in [-0.05, 0) is 46.0 Å². The molecule has 0 aliphatic rings. The summed E-state index contributed by atoms with van der Waals surface area (Å²) >= 11 is 0. The van der Waals surface area contributed by atoms with E-state index in [-0.39, 0.29) is 12.6 Å². The highest BCUT2D eigenvalue weighted by Crippen LogP contribution is 2.30. The van der Waals surface area contributed by atoms with Gasteiger partial charge >= 0.3 is 17.9 Å². The summed E-state index contributed by atoms with van der Waals surface area (Å²) in [5, 5.41) is 0. The Balaban J connectivity index is 4.27. The average Bonchev–Trinajstić information content (AvgIpc) is 2.43. The molecule has 0 heterocycles. The van der Waals surface area contributed by atoms with E-state index in [1.54, 1.807) is 27.7 Å². The zero-order chi connectivity index (χ0) is 20.4. The molecule has 6 heteroatoms. The fourth-order valence-electron chi connectivity index (χ4n) is 2.38. The van der Waals surface area contributed by atoms with E-state index in [1.165, 1.54) is 0 Å². The van der Waals surface area contributed by atoms with E-state index >= 15 is 0 Å². The van der Waals surface area contributed by atoms with Gasteiger partial charge in [-0.25, -0.2) is 0 Å². The van der Waals surface area contributed by atoms with Crippen molar-refractivity contribution in [1.82, 2.24) is 0 Å². The maximum Gasteiger partial charge on any atom is 0.321 e. The molecule has 0 saturated heterocycles. The molecule has 26 heavy (non-hydrogen) atoms. The Morgan fingerprint density at radius 3 is 1.88 bits per heavy atom. The lowest BCUT2D eigenvalue weighted by Gasteiger charge is -2.30. The molecule has 1 atom stereocenters. The molecule has 0 amide bonds. The van der Waals surface area contributed by atoms with E-state index < -0.39 is 28.9 Å². The molecule has 152 valence electrons. The van der Waals surface area contributed by atoms with Crippen LogP contribution in [-0.4, -0.2) is 36.7 Å². The van der Waals surface area contributed by atoms with Crippen LogP contribution in [0, 0.1) is 11.3 Å². The minimum absolute atomic E-state index is 0.177. The lowest BCUT2D eigenvalue weighted by molar-refractivity contribution is -0.174. The van der Waals surface area contributed by atoms with E-state index in [9.17, 15) is 14.4 Å². The maximum absolute atomic E-state index is 12.4. The molecule has 0 N–H and O–H groups in total. The molecule has 0 radical (unpaired) electrons. The zero-order valence-electron chi connectivity index (χ0n) is 17.5. The number of esters is 3. The normalized spacial score (nSPS) is 13.0. The van der Waals surface area contributed by atoms with Crippen LogP contribution < -0.4 is 0 Å². The van der Waals surface area contributed by atoms with Gasteiger partial charge in [0.1, 0.15) is 5.60 Å². The zero-order valence-corrected chi connectivity index (χ0v) is 17.5. The number of hydrogen-bond donors (Lipinski definition) is 0. The average molecular weight is 373 g/mol. The van der Waals surface area contributed by atoms with Crippen LogP contribution in [0.3, 0.4) is 0 Å². The molecule has 0 aliphatic heterocycles. The van der Waals surface area contributed by atoms with Gasteiger partial charge in [-0.15, -0.1) is 0 Å². The van der Waals surface area contributed by atoms with Crippen LogP contribution in [0.4, 0.5) is 0 Å². The Morgan fingerprint density at radius 1 is 0.808 bits per heavy atom. The van der Waals surface area contributed by atoms with Crippen molar-refractivity contribution in [2.75, 3.05) is 13.2 Å². The van der Waals surface area contributed by atoms with Crippen molar-refractivity contribution >= 4 is 17.9 Å². The highest BCUT2D eigenvalue weighted by Gasteiger charge is 2.41. The molecule has 0 rings (SSSR count). The van der Waals surface area contributed by atoms with Crippen LogP contribution in [-0.2, 0) is 28.6 Å². The molecule has 0 saturated carbocycles. The van der Waals surface area contributed by atoms with Crippen LogP contribution in [0.2, 0.25) is 0 Å². The van der Waals surface area contributed by atoms with Gasteiger partial charge in [-0.1, -0.05) is 33.6 Å². The summed E-state index contributed by atoms with van der Waals surface area (Å²) in [6, 6.07) is 0. The molecule has 0 aromatic carbocycles. The Kier molecular flexibility index (Phi) is 10.5. The Labute approximate surface area is 157 Å². The quantitative estimate of drug-likeness (QED) is 0.249. The Morgan fingerprint density at radius 2 is 1.38 bits per heavy atom. The summed E-state index contributed by atoms with van der Waals surface area (Å²) in [6.07, 6.45) is 3.58. The summed E-state index contributed by atoms with van der Waals surface area (Å²) in [4.78, 5) is 36.0. The van der Waals surface area contributed by atoms with Gasteiger partial charge in [-0.2, -0.15) is 0 Å². The molecular formula is C20H36O6. The van der Waals surface area contributed by atoms with Gasteiger partial charge in [0.15, 0.2) is 5.92 Å². The minimum Gasteiger partial charge on any atom is -0.466 e. The monoisotopic (exact) mass is 372 g/mol. The summed E-state index contributed by atoms with van der Waals surface area (Å²) in [5.74, 6) is -2.22. The van der Waals surface area contributed by atoms with Crippen LogP contribution in [0.25, 0.3) is 0 Å². The van der Waals surface area contributed by atoms with E-state index in [0.29, 0.717) is 19.4 Å². The van der Waals surface area contributed by atoms with Crippen molar-refractivity contribution in [1.29, 1.82) is 0 Å². The first-order valence-electron chi connectivity index (χ1n) is 9.43. The van der Waals surface area contributed by atoms with E-state index in [2.05, 4.69) is 0 Å². The van der Waals surface area contributed by atoms with Gasteiger partial charge in [0.05, 0.1) is 13.2 Å². The standard InChI is InChI=1S/C20H36O6/c1-8-24-15(21)13-11-9-10-12-14-25-17(22)16(19(2,3)4)18(23)26-20(5,6)7/h16H,8-14H2,1-7H3. The molecule has 0 fully saturated rings. The minimum atomic E-state index is -0.953. The molecule has 0 bridgehead atoms. The molecule has 0 aromatic rings. The van der Waals surface area contributed by atoms with Crippen LogP contribution >= 0.6 is 0 Å². The van der Waals surface area contributed by atoms with Crippen molar-refractivity contribution in [3.8, 4) is 0 Å². The number of hydrogen-bond acceptors (Lipinski definition) is 6. The highest BCUT2D eigenvalue weighted by molar-refractivity contribution is 5.95. The van der Waals surface area contributed by atoms with E-state index in [0.717, 1.165) is 19.3 Å². The Hall–Kier alpha value is -1.59. The van der Waals surface area contributed by atoms with Gasteiger partial charge < -0.3 is 14.2 Å².